The Morgan fingerprint density at radius 1 is 1.28 bits per heavy atom. The van der Waals surface area contributed by atoms with Gasteiger partial charge in [0.25, 0.3) is 5.91 Å². The van der Waals surface area contributed by atoms with E-state index in [0.717, 1.165) is 41.5 Å². The molecule has 3 heterocycles. The topological polar surface area (TPSA) is 62.7 Å². The van der Waals surface area contributed by atoms with Crippen LogP contribution < -0.4 is 4.90 Å². The summed E-state index contributed by atoms with van der Waals surface area (Å²) in [5.41, 5.74) is 1.81. The van der Waals surface area contributed by atoms with E-state index in [2.05, 4.69) is 11.0 Å². The highest BCUT2D eigenvalue weighted by atomic mass is 32.2. The Hall–Kier alpha value is -2.45. The number of esters is 1. The Balaban J connectivity index is 1.66. The fourth-order valence-electron chi connectivity index (χ4n) is 4.13. The van der Waals surface area contributed by atoms with Crippen LogP contribution in [0.1, 0.15) is 38.7 Å². The van der Waals surface area contributed by atoms with Crippen molar-refractivity contribution in [1.82, 2.24) is 9.88 Å². The lowest BCUT2D eigenvalue weighted by molar-refractivity contribution is -0.148. The molecular weight excluding hydrogens is 442 g/mol. The number of thioether (sulfide) groups is 1. The van der Waals surface area contributed by atoms with Crippen LogP contribution in [0.4, 0.5) is 5.82 Å². The number of carbonyl (C=O) groups is 2. The fourth-order valence-corrected chi connectivity index (χ4v) is 5.43. The number of nitrogens with zero attached hydrogens (tertiary/aromatic N) is 3. The molecule has 1 amide bonds. The molecule has 32 heavy (non-hydrogen) atoms. The van der Waals surface area contributed by atoms with Gasteiger partial charge in [-0.15, -0.1) is 0 Å². The lowest BCUT2D eigenvalue weighted by Crippen LogP contribution is -2.37. The Labute approximate surface area is 198 Å². The van der Waals surface area contributed by atoms with Gasteiger partial charge < -0.3 is 9.64 Å². The Morgan fingerprint density at radius 2 is 2.03 bits per heavy atom. The van der Waals surface area contributed by atoms with E-state index in [-0.39, 0.29) is 17.8 Å². The van der Waals surface area contributed by atoms with Gasteiger partial charge in [0.2, 0.25) is 0 Å². The van der Waals surface area contributed by atoms with Crippen LogP contribution in [-0.4, -0.2) is 52.3 Å². The highest BCUT2D eigenvalue weighted by Crippen LogP contribution is 2.36. The van der Waals surface area contributed by atoms with Crippen LogP contribution in [0.5, 0.6) is 0 Å². The highest BCUT2D eigenvalue weighted by molar-refractivity contribution is 8.26. The van der Waals surface area contributed by atoms with Crippen molar-refractivity contribution >= 4 is 63.0 Å². The molecule has 8 heteroatoms. The minimum Gasteiger partial charge on any atom is -0.466 e. The van der Waals surface area contributed by atoms with Crippen LogP contribution in [0.3, 0.4) is 0 Å². The molecule has 168 valence electrons. The van der Waals surface area contributed by atoms with Gasteiger partial charge in [-0.25, -0.2) is 4.98 Å². The van der Waals surface area contributed by atoms with E-state index in [1.807, 2.05) is 44.2 Å². The second kappa shape index (κ2) is 10.0. The third kappa shape index (κ3) is 4.66. The number of aromatic nitrogens is 1. The van der Waals surface area contributed by atoms with Crippen molar-refractivity contribution in [3.05, 3.63) is 40.8 Å². The maximum atomic E-state index is 12.9. The summed E-state index contributed by atoms with van der Waals surface area (Å²) in [5.74, 6) is 0.618. The summed E-state index contributed by atoms with van der Waals surface area (Å²) in [5, 5.41) is 1.02. The van der Waals surface area contributed by atoms with Crippen molar-refractivity contribution in [2.75, 3.05) is 31.1 Å². The Morgan fingerprint density at radius 3 is 2.75 bits per heavy atom. The zero-order valence-corrected chi connectivity index (χ0v) is 20.0. The summed E-state index contributed by atoms with van der Waals surface area (Å²) < 4.78 is 5.81. The van der Waals surface area contributed by atoms with Crippen molar-refractivity contribution in [3.63, 3.8) is 0 Å². The molecule has 1 aromatic heterocycles. The molecule has 0 N–H and O–H groups in total. The normalized spacial score (nSPS) is 18.8. The van der Waals surface area contributed by atoms with Crippen molar-refractivity contribution in [3.8, 4) is 0 Å². The molecule has 2 aliphatic heterocycles. The number of thiocarbonyl (C=S) groups is 1. The molecule has 2 fully saturated rings. The van der Waals surface area contributed by atoms with E-state index in [0.29, 0.717) is 35.5 Å². The first kappa shape index (κ1) is 22.7. The van der Waals surface area contributed by atoms with E-state index < -0.39 is 0 Å². The number of anilines is 1. The maximum Gasteiger partial charge on any atom is 0.309 e. The predicted molar refractivity (Wildman–Crippen MR) is 133 cm³/mol. The molecule has 0 unspecified atom stereocenters. The minimum absolute atomic E-state index is 0.0398. The quantitative estimate of drug-likeness (QED) is 0.347. The van der Waals surface area contributed by atoms with Crippen LogP contribution in [0.25, 0.3) is 17.0 Å². The molecule has 2 aromatic rings. The summed E-state index contributed by atoms with van der Waals surface area (Å²) in [6.45, 7) is 6.34. The summed E-state index contributed by atoms with van der Waals surface area (Å²) in [7, 11) is 0. The maximum absolute atomic E-state index is 12.9. The third-order valence-corrected chi connectivity index (χ3v) is 7.13. The molecule has 2 saturated heterocycles. The van der Waals surface area contributed by atoms with Crippen LogP contribution in [0.2, 0.25) is 0 Å². The molecule has 4 rings (SSSR count). The van der Waals surface area contributed by atoms with Gasteiger partial charge in [-0.1, -0.05) is 49.1 Å². The van der Waals surface area contributed by atoms with E-state index in [4.69, 9.17) is 21.9 Å². The summed E-state index contributed by atoms with van der Waals surface area (Å²) in [6, 6.07) is 10.1. The lowest BCUT2D eigenvalue weighted by atomic mass is 9.96. The SMILES string of the molecule is CCCN1C(=O)/C(=C/c2cc3ccccc3nc2N2CCC(C(=O)OCC)CC2)SC1=S. The monoisotopic (exact) mass is 469 g/mol. The number of ether oxygens (including phenoxy) is 1. The number of rotatable bonds is 6. The smallest absolute Gasteiger partial charge is 0.309 e. The van der Waals surface area contributed by atoms with Crippen molar-refractivity contribution in [1.29, 1.82) is 0 Å². The molecule has 0 radical (unpaired) electrons. The van der Waals surface area contributed by atoms with Gasteiger partial charge in [-0.3, -0.25) is 14.5 Å². The van der Waals surface area contributed by atoms with Gasteiger partial charge in [0.05, 0.1) is 22.9 Å². The largest absolute Gasteiger partial charge is 0.466 e. The number of hydrogen-bond donors (Lipinski definition) is 0. The van der Waals surface area contributed by atoms with Gasteiger partial charge in [-0.2, -0.15) is 0 Å². The van der Waals surface area contributed by atoms with Crippen molar-refractivity contribution in [2.45, 2.75) is 33.1 Å². The third-order valence-electron chi connectivity index (χ3n) is 5.75. The Bertz CT molecular complexity index is 1080. The zero-order valence-electron chi connectivity index (χ0n) is 18.4. The molecule has 2 aliphatic rings. The average molecular weight is 470 g/mol. The minimum atomic E-state index is -0.113. The standard InChI is InChI=1S/C24H27N3O3S2/c1-3-11-27-22(28)20(32-24(27)31)15-18-14-17-7-5-6-8-19(17)25-21(18)26-12-9-16(10-13-26)23(29)30-4-2/h5-8,14-16H,3-4,9-13H2,1-2H3/b20-15-. The highest BCUT2D eigenvalue weighted by Gasteiger charge is 2.32. The molecule has 0 atom stereocenters. The lowest BCUT2D eigenvalue weighted by Gasteiger charge is -2.32. The summed E-state index contributed by atoms with van der Waals surface area (Å²) in [6.07, 6.45) is 4.23. The fraction of sp³-hybridized carbons (Fsp3) is 0.417. The van der Waals surface area contributed by atoms with Crippen molar-refractivity contribution < 1.29 is 14.3 Å². The van der Waals surface area contributed by atoms with E-state index in [1.54, 1.807) is 4.90 Å². The molecule has 0 bridgehead atoms. The first-order chi connectivity index (χ1) is 15.5. The second-order valence-electron chi connectivity index (χ2n) is 7.94. The number of benzene rings is 1. The molecular formula is C24H27N3O3S2. The number of pyridine rings is 1. The average Bonchev–Trinajstić information content (AvgIpc) is 3.06. The van der Waals surface area contributed by atoms with E-state index >= 15 is 0 Å². The first-order valence-corrected chi connectivity index (χ1v) is 12.3. The number of carbonyl (C=O) groups excluding carboxylic acids is 2. The number of hydrogen-bond acceptors (Lipinski definition) is 7. The van der Waals surface area contributed by atoms with Gasteiger partial charge in [0.15, 0.2) is 0 Å². The zero-order chi connectivity index (χ0) is 22.7. The molecule has 1 aromatic carbocycles. The van der Waals surface area contributed by atoms with E-state index in [1.165, 1.54) is 11.8 Å². The van der Waals surface area contributed by atoms with Gasteiger partial charge in [0, 0.05) is 30.6 Å². The van der Waals surface area contributed by atoms with Crippen LogP contribution >= 0.6 is 24.0 Å². The molecule has 0 aliphatic carbocycles. The van der Waals surface area contributed by atoms with Crippen LogP contribution in [0.15, 0.2) is 35.2 Å². The van der Waals surface area contributed by atoms with Crippen LogP contribution in [0, 0.1) is 5.92 Å². The van der Waals surface area contributed by atoms with Crippen LogP contribution in [-0.2, 0) is 14.3 Å². The summed E-state index contributed by atoms with van der Waals surface area (Å²) >= 11 is 6.78. The second-order valence-corrected chi connectivity index (χ2v) is 9.62. The number of fused-ring (bicyclic) bond motifs is 1. The van der Waals surface area contributed by atoms with Gasteiger partial charge >= 0.3 is 5.97 Å². The molecule has 0 saturated carbocycles. The predicted octanol–water partition coefficient (Wildman–Crippen LogP) is 4.63. The van der Waals surface area contributed by atoms with E-state index in [9.17, 15) is 9.59 Å². The number of piperidine rings is 1. The van der Waals surface area contributed by atoms with Gasteiger partial charge in [0.1, 0.15) is 10.1 Å². The molecule has 0 spiro atoms. The van der Waals surface area contributed by atoms with Crippen molar-refractivity contribution in [2.24, 2.45) is 5.92 Å². The number of para-hydroxylation sites is 1. The first-order valence-electron chi connectivity index (χ1n) is 11.1. The summed E-state index contributed by atoms with van der Waals surface area (Å²) in [4.78, 5) is 34.5. The molecule has 6 nitrogen and oxygen atoms in total. The number of amides is 1. The van der Waals surface area contributed by atoms with Gasteiger partial charge in [-0.05, 0) is 44.4 Å². The Kier molecular flexibility index (Phi) is 7.10.